The van der Waals surface area contributed by atoms with Gasteiger partial charge in [0.05, 0.1) is 24.4 Å². The minimum absolute atomic E-state index is 0.243. The van der Waals surface area contributed by atoms with Crippen molar-refractivity contribution in [3.63, 3.8) is 0 Å². The summed E-state index contributed by atoms with van der Waals surface area (Å²) in [6.07, 6.45) is -0.151. The van der Waals surface area contributed by atoms with E-state index in [1.54, 1.807) is 0 Å². The van der Waals surface area contributed by atoms with E-state index in [9.17, 15) is 15.3 Å². The van der Waals surface area contributed by atoms with Gasteiger partial charge in [0.25, 0.3) is 0 Å². The molecule has 0 aromatic heterocycles. The molecule has 2 saturated heterocycles. The number of hydrogen-bond donors (Lipinski definition) is 3. The van der Waals surface area contributed by atoms with Crippen LogP contribution in [0.1, 0.15) is 19.8 Å². The van der Waals surface area contributed by atoms with Gasteiger partial charge in [-0.15, -0.1) is 0 Å². The van der Waals surface area contributed by atoms with E-state index >= 15 is 0 Å². The Bertz CT molecular complexity index is 212. The average molecular weight is 201 g/mol. The Morgan fingerprint density at radius 3 is 2.50 bits per heavy atom. The molecule has 0 aromatic rings. The molecule has 0 spiro atoms. The first-order valence-corrected chi connectivity index (χ1v) is 5.41. The Balaban J connectivity index is 2.08. The molecule has 2 aliphatic heterocycles. The lowest BCUT2D eigenvalue weighted by Gasteiger charge is -2.39. The van der Waals surface area contributed by atoms with Crippen LogP contribution in [-0.2, 0) is 0 Å². The lowest BCUT2D eigenvalue weighted by atomic mass is 9.88. The normalized spacial score (nSPS) is 49.3. The van der Waals surface area contributed by atoms with E-state index in [4.69, 9.17) is 0 Å². The molecule has 2 fully saturated rings. The van der Waals surface area contributed by atoms with Crippen LogP contribution in [0.3, 0.4) is 0 Å². The highest BCUT2D eigenvalue weighted by atomic mass is 16.3. The van der Waals surface area contributed by atoms with Gasteiger partial charge in [0.2, 0.25) is 0 Å². The lowest BCUT2D eigenvalue weighted by Crippen LogP contribution is -2.51. The molecule has 14 heavy (non-hydrogen) atoms. The van der Waals surface area contributed by atoms with Crippen LogP contribution in [-0.4, -0.2) is 57.7 Å². The molecule has 2 heterocycles. The standard InChI is InChI=1S/C10H19NO3/c1-2-6-3-7(12)9-10(14)8(13)5-11(9)4-6/h6-10,12-14H,2-5H2,1H3/t6-,7+,8?,9?,10?/m0/s1. The minimum atomic E-state index is -0.775. The van der Waals surface area contributed by atoms with Crippen LogP contribution < -0.4 is 0 Å². The number of piperidine rings is 1. The van der Waals surface area contributed by atoms with Crippen LogP contribution in [0.4, 0.5) is 0 Å². The summed E-state index contributed by atoms with van der Waals surface area (Å²) in [4.78, 5) is 2.03. The average Bonchev–Trinajstić information content (AvgIpc) is 2.43. The minimum Gasteiger partial charge on any atom is -0.391 e. The van der Waals surface area contributed by atoms with Gasteiger partial charge in [0, 0.05) is 13.1 Å². The van der Waals surface area contributed by atoms with Crippen LogP contribution in [0.15, 0.2) is 0 Å². The summed E-state index contributed by atoms with van der Waals surface area (Å²) in [5.74, 6) is 0.499. The fourth-order valence-electron chi connectivity index (χ4n) is 2.76. The van der Waals surface area contributed by atoms with E-state index in [0.29, 0.717) is 12.5 Å². The van der Waals surface area contributed by atoms with Gasteiger partial charge < -0.3 is 15.3 Å². The Morgan fingerprint density at radius 2 is 1.86 bits per heavy atom. The maximum absolute atomic E-state index is 9.86. The molecule has 0 bridgehead atoms. The maximum Gasteiger partial charge on any atom is 0.0991 e. The number of fused-ring (bicyclic) bond motifs is 1. The zero-order valence-corrected chi connectivity index (χ0v) is 8.50. The van der Waals surface area contributed by atoms with E-state index in [1.807, 2.05) is 4.90 Å². The topological polar surface area (TPSA) is 63.9 Å². The molecule has 4 nitrogen and oxygen atoms in total. The maximum atomic E-state index is 9.86. The van der Waals surface area contributed by atoms with E-state index < -0.39 is 18.3 Å². The molecule has 3 unspecified atom stereocenters. The third kappa shape index (κ3) is 1.56. The number of hydrogen-bond acceptors (Lipinski definition) is 4. The van der Waals surface area contributed by atoms with Crippen molar-refractivity contribution in [1.29, 1.82) is 0 Å². The Labute approximate surface area is 84.2 Å². The molecule has 4 heteroatoms. The van der Waals surface area contributed by atoms with Crippen molar-refractivity contribution in [3.05, 3.63) is 0 Å². The summed E-state index contributed by atoms with van der Waals surface area (Å²) in [7, 11) is 0. The van der Waals surface area contributed by atoms with E-state index in [1.165, 1.54) is 0 Å². The molecule has 5 atom stereocenters. The van der Waals surface area contributed by atoms with Gasteiger partial charge in [0.1, 0.15) is 0 Å². The first-order valence-electron chi connectivity index (χ1n) is 5.41. The van der Waals surface area contributed by atoms with Gasteiger partial charge >= 0.3 is 0 Å². The van der Waals surface area contributed by atoms with Gasteiger partial charge in [0.15, 0.2) is 0 Å². The third-order valence-electron chi connectivity index (χ3n) is 3.63. The van der Waals surface area contributed by atoms with Crippen LogP contribution in [0.25, 0.3) is 0 Å². The molecule has 2 aliphatic rings. The molecule has 0 aromatic carbocycles. The first kappa shape index (κ1) is 10.4. The van der Waals surface area contributed by atoms with Crippen molar-refractivity contribution in [2.75, 3.05) is 13.1 Å². The molecule has 0 aliphatic carbocycles. The Kier molecular flexibility index (Phi) is 2.79. The summed E-state index contributed by atoms with van der Waals surface area (Å²) in [6.45, 7) is 3.51. The zero-order valence-electron chi connectivity index (χ0n) is 8.50. The van der Waals surface area contributed by atoms with Crippen molar-refractivity contribution in [3.8, 4) is 0 Å². The molecule has 3 N–H and O–H groups in total. The highest BCUT2D eigenvalue weighted by Crippen LogP contribution is 2.31. The van der Waals surface area contributed by atoms with Crippen LogP contribution in [0.2, 0.25) is 0 Å². The SMILES string of the molecule is CC[C@H]1C[C@@H](O)C2C(O)C(O)CN2C1. The van der Waals surface area contributed by atoms with Gasteiger partial charge in [-0.1, -0.05) is 13.3 Å². The van der Waals surface area contributed by atoms with Crippen molar-refractivity contribution in [2.45, 2.75) is 44.1 Å². The second kappa shape index (κ2) is 3.77. The predicted octanol–water partition coefficient (Wildman–Crippen LogP) is -0.817. The van der Waals surface area contributed by atoms with E-state index in [0.717, 1.165) is 19.4 Å². The summed E-state index contributed by atoms with van der Waals surface area (Å²) in [5.41, 5.74) is 0. The van der Waals surface area contributed by atoms with Gasteiger partial charge in [-0.05, 0) is 12.3 Å². The number of rotatable bonds is 1. The largest absolute Gasteiger partial charge is 0.391 e. The Morgan fingerprint density at radius 1 is 1.14 bits per heavy atom. The van der Waals surface area contributed by atoms with Crippen molar-refractivity contribution >= 4 is 0 Å². The highest BCUT2D eigenvalue weighted by Gasteiger charge is 2.47. The summed E-state index contributed by atoms with van der Waals surface area (Å²) in [5, 5.41) is 29.0. The second-order valence-electron chi connectivity index (χ2n) is 4.58. The lowest BCUT2D eigenvalue weighted by molar-refractivity contribution is -0.0433. The first-order chi connectivity index (χ1) is 6.63. The summed E-state index contributed by atoms with van der Waals surface area (Å²) < 4.78 is 0. The van der Waals surface area contributed by atoms with Crippen LogP contribution in [0.5, 0.6) is 0 Å². The smallest absolute Gasteiger partial charge is 0.0991 e. The van der Waals surface area contributed by atoms with Gasteiger partial charge in [-0.25, -0.2) is 0 Å². The van der Waals surface area contributed by atoms with Crippen LogP contribution >= 0.6 is 0 Å². The van der Waals surface area contributed by atoms with Crippen LogP contribution in [0, 0.1) is 5.92 Å². The third-order valence-corrected chi connectivity index (χ3v) is 3.63. The number of aliphatic hydroxyl groups excluding tert-OH is 3. The predicted molar refractivity (Wildman–Crippen MR) is 51.8 cm³/mol. The fourth-order valence-corrected chi connectivity index (χ4v) is 2.76. The van der Waals surface area contributed by atoms with E-state index in [-0.39, 0.29) is 6.04 Å². The summed E-state index contributed by atoms with van der Waals surface area (Å²) in [6, 6.07) is -0.243. The molecule has 0 saturated carbocycles. The number of aliphatic hydroxyl groups is 3. The molecule has 0 amide bonds. The van der Waals surface area contributed by atoms with Crippen molar-refractivity contribution in [2.24, 2.45) is 5.92 Å². The van der Waals surface area contributed by atoms with E-state index in [2.05, 4.69) is 6.92 Å². The van der Waals surface area contributed by atoms with Crippen molar-refractivity contribution in [1.82, 2.24) is 4.90 Å². The molecule has 2 rings (SSSR count). The molecular formula is C10H19NO3. The monoisotopic (exact) mass is 201 g/mol. The van der Waals surface area contributed by atoms with Gasteiger partial charge in [-0.2, -0.15) is 0 Å². The molecule has 0 radical (unpaired) electrons. The van der Waals surface area contributed by atoms with Crippen molar-refractivity contribution < 1.29 is 15.3 Å². The highest BCUT2D eigenvalue weighted by molar-refractivity contribution is 5.00. The Hall–Kier alpha value is -0.160. The fraction of sp³-hybridized carbons (Fsp3) is 1.00. The zero-order chi connectivity index (χ0) is 10.3. The molecule has 82 valence electrons. The second-order valence-corrected chi connectivity index (χ2v) is 4.58. The molecular weight excluding hydrogens is 182 g/mol. The number of nitrogens with zero attached hydrogens (tertiary/aromatic N) is 1. The summed E-state index contributed by atoms with van der Waals surface area (Å²) >= 11 is 0. The van der Waals surface area contributed by atoms with Gasteiger partial charge in [-0.3, -0.25) is 4.90 Å². The quantitative estimate of drug-likeness (QED) is 0.519.